The number of halogens is 2. The van der Waals surface area contributed by atoms with Gasteiger partial charge in [0, 0.05) is 18.6 Å². The van der Waals surface area contributed by atoms with Crippen molar-refractivity contribution in [2.24, 2.45) is 0 Å². The molecular weight excluding hydrogens is 273 g/mol. The number of rotatable bonds is 3. The summed E-state index contributed by atoms with van der Waals surface area (Å²) in [7, 11) is 1.61. The Morgan fingerprint density at radius 2 is 2.37 bits per heavy atom. The summed E-state index contributed by atoms with van der Waals surface area (Å²) in [6, 6.07) is 3.13. The maximum Gasteiger partial charge on any atom is 0.317 e. The van der Waals surface area contributed by atoms with Crippen LogP contribution < -0.4 is 10.6 Å². The van der Waals surface area contributed by atoms with Crippen molar-refractivity contribution in [2.45, 2.75) is 12.6 Å². The highest BCUT2D eigenvalue weighted by Gasteiger charge is 2.30. The van der Waals surface area contributed by atoms with Crippen LogP contribution in [0.25, 0.3) is 0 Å². The third-order valence-corrected chi connectivity index (χ3v) is 3.24. The zero-order valence-corrected chi connectivity index (χ0v) is 11.0. The molecule has 0 radical (unpaired) electrons. The Hall–Kier alpha value is -1.82. The van der Waals surface area contributed by atoms with Gasteiger partial charge in [-0.2, -0.15) is 0 Å². The molecule has 1 aromatic rings. The first-order valence-corrected chi connectivity index (χ1v) is 6.08. The van der Waals surface area contributed by atoms with E-state index >= 15 is 0 Å². The van der Waals surface area contributed by atoms with Crippen LogP contribution in [0.1, 0.15) is 5.56 Å². The van der Waals surface area contributed by atoms with Crippen LogP contribution in [0.5, 0.6) is 0 Å². The minimum atomic E-state index is -0.572. The quantitative estimate of drug-likeness (QED) is 0.874. The van der Waals surface area contributed by atoms with E-state index in [1.54, 1.807) is 7.05 Å². The highest BCUT2D eigenvalue weighted by molar-refractivity contribution is 6.31. The molecule has 0 aliphatic carbocycles. The Bertz CT molecular complexity index is 524. The van der Waals surface area contributed by atoms with Crippen molar-refractivity contribution in [3.05, 3.63) is 34.6 Å². The summed E-state index contributed by atoms with van der Waals surface area (Å²) in [6.07, 6.45) is 0. The third-order valence-electron chi connectivity index (χ3n) is 2.89. The first kappa shape index (κ1) is 13.6. The van der Waals surface area contributed by atoms with Gasteiger partial charge in [-0.1, -0.05) is 17.7 Å². The first-order valence-electron chi connectivity index (χ1n) is 5.70. The van der Waals surface area contributed by atoms with Crippen molar-refractivity contribution in [1.82, 2.24) is 15.5 Å². The molecule has 19 heavy (non-hydrogen) atoms. The fraction of sp³-hybridized carbons (Fsp3) is 0.333. The molecular formula is C12H13ClFN3O2. The topological polar surface area (TPSA) is 61.4 Å². The largest absolute Gasteiger partial charge is 0.350 e. The van der Waals surface area contributed by atoms with Crippen molar-refractivity contribution in [3.8, 4) is 0 Å². The maximum absolute atomic E-state index is 12.9. The Kier molecular flexibility index (Phi) is 3.90. The number of nitrogens with one attached hydrogen (secondary N) is 2. The number of hydrogen-bond acceptors (Lipinski definition) is 2. The zero-order valence-electron chi connectivity index (χ0n) is 10.2. The van der Waals surface area contributed by atoms with Gasteiger partial charge in [-0.15, -0.1) is 0 Å². The van der Waals surface area contributed by atoms with Crippen molar-refractivity contribution in [3.63, 3.8) is 0 Å². The highest BCUT2D eigenvalue weighted by atomic mass is 35.5. The summed E-state index contributed by atoms with van der Waals surface area (Å²) in [5.74, 6) is -0.720. The van der Waals surface area contributed by atoms with Gasteiger partial charge >= 0.3 is 6.03 Å². The average Bonchev–Trinajstić information content (AvgIpc) is 2.68. The lowest BCUT2D eigenvalue weighted by molar-refractivity contribution is -0.122. The molecule has 1 aliphatic rings. The van der Waals surface area contributed by atoms with Crippen LogP contribution in [0.2, 0.25) is 5.02 Å². The molecule has 1 aliphatic heterocycles. The summed E-state index contributed by atoms with van der Waals surface area (Å²) in [5, 5.41) is 5.46. The molecule has 2 N–H and O–H groups in total. The van der Waals surface area contributed by atoms with Gasteiger partial charge in [-0.3, -0.25) is 4.79 Å². The van der Waals surface area contributed by atoms with Crippen LogP contribution in [0.4, 0.5) is 9.18 Å². The number of benzene rings is 1. The van der Waals surface area contributed by atoms with Crippen molar-refractivity contribution < 1.29 is 14.0 Å². The van der Waals surface area contributed by atoms with Gasteiger partial charge in [0.25, 0.3) is 0 Å². The van der Waals surface area contributed by atoms with Crippen LogP contribution >= 0.6 is 11.6 Å². The van der Waals surface area contributed by atoms with Gasteiger partial charge in [0.05, 0.1) is 6.54 Å². The molecule has 7 heteroatoms. The van der Waals surface area contributed by atoms with Gasteiger partial charge in [-0.25, -0.2) is 9.18 Å². The van der Waals surface area contributed by atoms with Crippen LogP contribution in [0.15, 0.2) is 18.2 Å². The second-order valence-electron chi connectivity index (χ2n) is 4.34. The maximum atomic E-state index is 12.9. The summed E-state index contributed by atoms with van der Waals surface area (Å²) in [6.45, 7) is 0.510. The molecule has 0 bridgehead atoms. The Balaban J connectivity index is 1.92. The van der Waals surface area contributed by atoms with E-state index in [0.29, 0.717) is 12.1 Å². The van der Waals surface area contributed by atoms with Gasteiger partial charge < -0.3 is 15.5 Å². The number of carbonyl (C=O) groups is 2. The Morgan fingerprint density at radius 1 is 1.63 bits per heavy atom. The minimum absolute atomic E-state index is 0.189. The third kappa shape index (κ3) is 3.14. The average molecular weight is 286 g/mol. The number of likely N-dealkylation sites (N-methyl/N-ethyl adjacent to an activating group) is 1. The van der Waals surface area contributed by atoms with E-state index in [-0.39, 0.29) is 23.5 Å². The first-order chi connectivity index (χ1) is 8.97. The zero-order chi connectivity index (χ0) is 14.0. The summed E-state index contributed by atoms with van der Waals surface area (Å²) >= 11 is 5.85. The molecule has 1 saturated heterocycles. The standard InChI is InChI=1S/C12H13ClFN3O2/c1-17-6-10(16-12(17)19)11(18)15-5-7-2-3-8(14)4-9(7)13/h2-4,10H,5-6H2,1H3,(H,15,18)(H,16,19). The number of amides is 3. The van der Waals surface area contributed by atoms with Gasteiger partial charge in [0.2, 0.25) is 5.91 Å². The SMILES string of the molecule is CN1CC(C(=O)NCc2ccc(F)cc2Cl)NC1=O. The molecule has 102 valence electrons. The molecule has 1 atom stereocenters. The van der Waals surface area contributed by atoms with E-state index in [0.717, 1.165) is 0 Å². The predicted molar refractivity (Wildman–Crippen MR) is 68.2 cm³/mol. The summed E-state index contributed by atoms with van der Waals surface area (Å²) < 4.78 is 12.9. The monoisotopic (exact) mass is 285 g/mol. The lowest BCUT2D eigenvalue weighted by atomic mass is 10.2. The van der Waals surface area contributed by atoms with Crippen molar-refractivity contribution >= 4 is 23.5 Å². The molecule has 5 nitrogen and oxygen atoms in total. The fourth-order valence-electron chi connectivity index (χ4n) is 1.78. The lowest BCUT2D eigenvalue weighted by Gasteiger charge is -2.11. The lowest BCUT2D eigenvalue weighted by Crippen LogP contribution is -2.42. The van der Waals surface area contributed by atoms with Crippen LogP contribution in [0, 0.1) is 5.82 Å². The van der Waals surface area contributed by atoms with E-state index in [4.69, 9.17) is 11.6 Å². The molecule has 1 heterocycles. The van der Waals surface area contributed by atoms with Crippen molar-refractivity contribution in [1.29, 1.82) is 0 Å². The number of hydrogen-bond donors (Lipinski definition) is 2. The van der Waals surface area contributed by atoms with Gasteiger partial charge in [0.15, 0.2) is 0 Å². The van der Waals surface area contributed by atoms with E-state index in [1.807, 2.05) is 0 Å². The summed E-state index contributed by atoms with van der Waals surface area (Å²) in [5.41, 5.74) is 0.620. The Morgan fingerprint density at radius 3 is 2.95 bits per heavy atom. The summed E-state index contributed by atoms with van der Waals surface area (Å²) in [4.78, 5) is 24.5. The second-order valence-corrected chi connectivity index (χ2v) is 4.74. The fourth-order valence-corrected chi connectivity index (χ4v) is 2.01. The van der Waals surface area contributed by atoms with Crippen LogP contribution in [-0.4, -0.2) is 36.5 Å². The minimum Gasteiger partial charge on any atom is -0.350 e. The number of nitrogens with zero attached hydrogens (tertiary/aromatic N) is 1. The van der Waals surface area contributed by atoms with Crippen molar-refractivity contribution in [2.75, 3.05) is 13.6 Å². The van der Waals surface area contributed by atoms with Crippen LogP contribution in [-0.2, 0) is 11.3 Å². The molecule has 0 aromatic heterocycles. The van der Waals surface area contributed by atoms with E-state index in [1.165, 1.54) is 23.1 Å². The number of carbonyl (C=O) groups excluding carboxylic acids is 2. The van der Waals surface area contributed by atoms with E-state index in [2.05, 4.69) is 10.6 Å². The second kappa shape index (κ2) is 5.44. The predicted octanol–water partition coefficient (Wildman–Crippen LogP) is 1.12. The van der Waals surface area contributed by atoms with E-state index in [9.17, 15) is 14.0 Å². The van der Waals surface area contributed by atoms with Crippen LogP contribution in [0.3, 0.4) is 0 Å². The molecule has 1 unspecified atom stereocenters. The number of urea groups is 1. The Labute approximate surface area is 114 Å². The highest BCUT2D eigenvalue weighted by Crippen LogP contribution is 2.16. The molecule has 1 aromatic carbocycles. The normalized spacial score (nSPS) is 18.4. The molecule has 2 rings (SSSR count). The smallest absolute Gasteiger partial charge is 0.317 e. The van der Waals surface area contributed by atoms with Gasteiger partial charge in [-0.05, 0) is 17.7 Å². The van der Waals surface area contributed by atoms with Gasteiger partial charge in [0.1, 0.15) is 11.9 Å². The molecule has 1 fully saturated rings. The molecule has 0 spiro atoms. The molecule has 3 amide bonds. The van der Waals surface area contributed by atoms with E-state index < -0.39 is 11.9 Å². The molecule has 0 saturated carbocycles.